The van der Waals surface area contributed by atoms with Gasteiger partial charge in [0.05, 0.1) is 4.92 Å². The third-order valence-electron chi connectivity index (χ3n) is 2.44. The van der Waals surface area contributed by atoms with Crippen molar-refractivity contribution in [2.75, 3.05) is 0 Å². The molecule has 0 saturated heterocycles. The molecule has 4 nitrogen and oxygen atoms in total. The maximum atomic E-state index is 12.8. The Hall–Kier alpha value is -2.30. The zero-order valence-corrected chi connectivity index (χ0v) is 9.05. The Morgan fingerprint density at radius 3 is 2.53 bits per heavy atom. The van der Waals surface area contributed by atoms with Gasteiger partial charge in [-0.05, 0) is 24.6 Å². The number of rotatable bonds is 2. The molecule has 0 aliphatic carbocycles. The van der Waals surface area contributed by atoms with E-state index in [1.54, 1.807) is 19.1 Å². The summed E-state index contributed by atoms with van der Waals surface area (Å²) >= 11 is 0. The first-order chi connectivity index (χ1) is 8.08. The van der Waals surface area contributed by atoms with Gasteiger partial charge in [-0.1, -0.05) is 12.1 Å². The number of nitro groups is 1. The van der Waals surface area contributed by atoms with Gasteiger partial charge in [-0.2, -0.15) is 0 Å². The highest BCUT2D eigenvalue weighted by Gasteiger charge is 2.11. The smallest absolute Gasteiger partial charge is 0.258 e. The molecule has 1 heterocycles. The lowest BCUT2D eigenvalue weighted by molar-refractivity contribution is -0.385. The van der Waals surface area contributed by atoms with E-state index in [2.05, 4.69) is 4.98 Å². The number of aryl methyl sites for hydroxylation is 1. The van der Waals surface area contributed by atoms with Gasteiger partial charge in [0.25, 0.3) is 5.69 Å². The number of halogens is 1. The van der Waals surface area contributed by atoms with Crippen molar-refractivity contribution in [2.45, 2.75) is 6.92 Å². The molecule has 5 heteroatoms. The van der Waals surface area contributed by atoms with Crippen LogP contribution in [0.2, 0.25) is 0 Å². The maximum Gasteiger partial charge on any atom is 0.288 e. The van der Waals surface area contributed by atoms with E-state index in [4.69, 9.17) is 0 Å². The standard InChI is InChI=1S/C12H9FN2O2/c1-8-12(6-11(7-14-8)15(16)17)9-2-4-10(13)5-3-9/h2-7H,1H3. The minimum Gasteiger partial charge on any atom is -0.258 e. The van der Waals surface area contributed by atoms with Gasteiger partial charge in [0.2, 0.25) is 0 Å². The molecule has 0 radical (unpaired) electrons. The zero-order chi connectivity index (χ0) is 12.4. The molecule has 0 atom stereocenters. The molecule has 0 N–H and O–H groups in total. The zero-order valence-electron chi connectivity index (χ0n) is 9.05. The number of aromatic nitrogens is 1. The summed E-state index contributed by atoms with van der Waals surface area (Å²) < 4.78 is 12.8. The summed E-state index contributed by atoms with van der Waals surface area (Å²) in [6.45, 7) is 1.75. The SMILES string of the molecule is Cc1ncc([N+](=O)[O-])cc1-c1ccc(F)cc1. The second kappa shape index (κ2) is 4.29. The van der Waals surface area contributed by atoms with E-state index in [0.29, 0.717) is 16.8 Å². The highest BCUT2D eigenvalue weighted by Crippen LogP contribution is 2.25. The van der Waals surface area contributed by atoms with E-state index in [1.807, 2.05) is 0 Å². The summed E-state index contributed by atoms with van der Waals surface area (Å²) in [5.74, 6) is -0.343. The largest absolute Gasteiger partial charge is 0.288 e. The quantitative estimate of drug-likeness (QED) is 0.590. The van der Waals surface area contributed by atoms with Crippen molar-refractivity contribution in [3.63, 3.8) is 0 Å². The number of nitrogens with zero attached hydrogens (tertiary/aromatic N) is 2. The third-order valence-corrected chi connectivity index (χ3v) is 2.44. The van der Waals surface area contributed by atoms with Gasteiger partial charge < -0.3 is 0 Å². The average molecular weight is 232 g/mol. The van der Waals surface area contributed by atoms with Crippen LogP contribution in [-0.2, 0) is 0 Å². The van der Waals surface area contributed by atoms with Crippen molar-refractivity contribution in [2.24, 2.45) is 0 Å². The molecule has 0 unspecified atom stereocenters. The fraction of sp³-hybridized carbons (Fsp3) is 0.0833. The van der Waals surface area contributed by atoms with Crippen LogP contribution in [0.15, 0.2) is 36.5 Å². The van der Waals surface area contributed by atoms with Crippen LogP contribution < -0.4 is 0 Å². The molecule has 2 rings (SSSR count). The molecule has 17 heavy (non-hydrogen) atoms. The first-order valence-corrected chi connectivity index (χ1v) is 4.95. The van der Waals surface area contributed by atoms with Gasteiger partial charge in [0.1, 0.15) is 12.0 Å². The Balaban J connectivity index is 2.54. The fourth-order valence-corrected chi connectivity index (χ4v) is 1.54. The van der Waals surface area contributed by atoms with Crippen LogP contribution in [0.4, 0.5) is 10.1 Å². The molecule has 0 saturated carbocycles. The van der Waals surface area contributed by atoms with Crippen LogP contribution in [0, 0.1) is 22.9 Å². The third kappa shape index (κ3) is 2.28. The Kier molecular flexibility index (Phi) is 2.82. The minimum atomic E-state index is -0.501. The molecule has 86 valence electrons. The van der Waals surface area contributed by atoms with Crippen LogP contribution in [-0.4, -0.2) is 9.91 Å². The van der Waals surface area contributed by atoms with Crippen molar-refractivity contribution in [3.05, 3.63) is 58.2 Å². The van der Waals surface area contributed by atoms with E-state index in [9.17, 15) is 14.5 Å². The summed E-state index contributed by atoms with van der Waals surface area (Å²) in [6.07, 6.45) is 1.21. The molecule has 0 bridgehead atoms. The van der Waals surface area contributed by atoms with Crippen molar-refractivity contribution in [1.82, 2.24) is 4.98 Å². The van der Waals surface area contributed by atoms with Crippen LogP contribution in [0.5, 0.6) is 0 Å². The predicted octanol–water partition coefficient (Wildman–Crippen LogP) is 3.10. The van der Waals surface area contributed by atoms with E-state index in [1.165, 1.54) is 24.4 Å². The van der Waals surface area contributed by atoms with Gasteiger partial charge in [-0.3, -0.25) is 15.1 Å². The second-order valence-corrected chi connectivity index (χ2v) is 3.59. The Morgan fingerprint density at radius 2 is 1.94 bits per heavy atom. The summed E-state index contributed by atoms with van der Waals surface area (Å²) in [4.78, 5) is 14.1. The first-order valence-electron chi connectivity index (χ1n) is 4.95. The molecule has 0 spiro atoms. The monoisotopic (exact) mass is 232 g/mol. The minimum absolute atomic E-state index is 0.0741. The highest BCUT2D eigenvalue weighted by atomic mass is 19.1. The van der Waals surface area contributed by atoms with Gasteiger partial charge in [-0.15, -0.1) is 0 Å². The van der Waals surface area contributed by atoms with Crippen LogP contribution in [0.3, 0.4) is 0 Å². The van der Waals surface area contributed by atoms with E-state index < -0.39 is 4.92 Å². The highest BCUT2D eigenvalue weighted by molar-refractivity contribution is 5.67. The molecule has 0 aliphatic heterocycles. The van der Waals surface area contributed by atoms with E-state index in [-0.39, 0.29) is 11.5 Å². The lowest BCUT2D eigenvalue weighted by atomic mass is 10.0. The Bertz CT molecular complexity index is 567. The van der Waals surface area contributed by atoms with Crippen LogP contribution >= 0.6 is 0 Å². The van der Waals surface area contributed by atoms with Crippen molar-refractivity contribution >= 4 is 5.69 Å². The Labute approximate surface area is 96.9 Å². The van der Waals surface area contributed by atoms with Gasteiger partial charge in [-0.25, -0.2) is 4.39 Å². The number of hydrogen-bond donors (Lipinski definition) is 0. The molecule has 1 aromatic heterocycles. The molecule has 0 aliphatic rings. The van der Waals surface area contributed by atoms with Crippen molar-refractivity contribution in [1.29, 1.82) is 0 Å². The lowest BCUT2D eigenvalue weighted by Crippen LogP contribution is -1.93. The normalized spacial score (nSPS) is 10.2. The summed E-state index contributed by atoms with van der Waals surface area (Å²) in [5, 5.41) is 10.7. The molecule has 0 amide bonds. The number of hydrogen-bond acceptors (Lipinski definition) is 3. The maximum absolute atomic E-state index is 12.8. The van der Waals surface area contributed by atoms with Crippen LogP contribution in [0.25, 0.3) is 11.1 Å². The first kappa shape index (κ1) is 11.2. The number of pyridine rings is 1. The molecule has 2 aromatic rings. The second-order valence-electron chi connectivity index (χ2n) is 3.59. The van der Waals surface area contributed by atoms with Gasteiger partial charge in [0, 0.05) is 17.3 Å². The summed E-state index contributed by atoms with van der Waals surface area (Å²) in [7, 11) is 0. The predicted molar refractivity (Wildman–Crippen MR) is 61.0 cm³/mol. The number of benzene rings is 1. The topological polar surface area (TPSA) is 56.0 Å². The molecular weight excluding hydrogens is 223 g/mol. The summed E-state index contributed by atoms with van der Waals surface area (Å²) in [5.41, 5.74) is 1.94. The Morgan fingerprint density at radius 1 is 1.29 bits per heavy atom. The van der Waals surface area contributed by atoms with Crippen LogP contribution in [0.1, 0.15) is 5.69 Å². The van der Waals surface area contributed by atoms with E-state index in [0.717, 1.165) is 0 Å². The van der Waals surface area contributed by atoms with Crippen molar-refractivity contribution in [3.8, 4) is 11.1 Å². The molecular formula is C12H9FN2O2. The van der Waals surface area contributed by atoms with Gasteiger partial charge >= 0.3 is 0 Å². The average Bonchev–Trinajstić information content (AvgIpc) is 2.31. The fourth-order valence-electron chi connectivity index (χ4n) is 1.54. The lowest BCUT2D eigenvalue weighted by Gasteiger charge is -2.04. The molecule has 1 aromatic carbocycles. The molecule has 0 fully saturated rings. The summed E-state index contributed by atoms with van der Waals surface area (Å²) in [6, 6.07) is 7.21. The van der Waals surface area contributed by atoms with E-state index >= 15 is 0 Å². The van der Waals surface area contributed by atoms with Gasteiger partial charge in [0.15, 0.2) is 0 Å². The van der Waals surface area contributed by atoms with Crippen molar-refractivity contribution < 1.29 is 9.31 Å².